The first-order valence-electron chi connectivity index (χ1n) is 8.91. The Kier molecular flexibility index (Phi) is 4.65. The summed E-state index contributed by atoms with van der Waals surface area (Å²) in [5.41, 5.74) is 7.25. The summed E-state index contributed by atoms with van der Waals surface area (Å²) in [5.74, 6) is 0. The van der Waals surface area contributed by atoms with Crippen molar-refractivity contribution in [2.75, 3.05) is 0 Å². The molecule has 2 aromatic carbocycles. The van der Waals surface area contributed by atoms with Crippen LogP contribution in [0.25, 0.3) is 10.9 Å². The number of halogens is 2. The van der Waals surface area contributed by atoms with E-state index in [4.69, 9.17) is 0 Å². The molecular formula is C21H22BrClN2. The summed E-state index contributed by atoms with van der Waals surface area (Å²) in [5, 5.41) is 5.35. The molecule has 0 aliphatic heterocycles. The van der Waals surface area contributed by atoms with Crippen LogP contribution in [0.4, 0.5) is 0 Å². The number of nitrogens with one attached hydrogen (secondary N) is 2. The summed E-state index contributed by atoms with van der Waals surface area (Å²) in [6.45, 7) is 0. The average molecular weight is 418 g/mol. The number of aromatic amines is 1. The van der Waals surface area contributed by atoms with Crippen molar-refractivity contribution >= 4 is 39.2 Å². The van der Waals surface area contributed by atoms with Gasteiger partial charge in [-0.15, -0.1) is 12.4 Å². The van der Waals surface area contributed by atoms with Gasteiger partial charge in [-0.2, -0.15) is 0 Å². The third-order valence-electron chi connectivity index (χ3n) is 5.66. The topological polar surface area (TPSA) is 27.8 Å². The molecule has 130 valence electrons. The van der Waals surface area contributed by atoms with Crippen molar-refractivity contribution in [1.82, 2.24) is 10.3 Å². The minimum absolute atomic E-state index is 0. The van der Waals surface area contributed by atoms with E-state index in [1.54, 1.807) is 0 Å². The molecule has 5 rings (SSSR count). The minimum atomic E-state index is 0. The summed E-state index contributed by atoms with van der Waals surface area (Å²) in [6.07, 6.45) is 6.02. The molecule has 1 aromatic heterocycles. The van der Waals surface area contributed by atoms with Crippen molar-refractivity contribution in [2.24, 2.45) is 0 Å². The Labute approximate surface area is 162 Å². The highest BCUT2D eigenvalue weighted by Gasteiger charge is 2.28. The van der Waals surface area contributed by atoms with Gasteiger partial charge in [-0.3, -0.25) is 0 Å². The van der Waals surface area contributed by atoms with E-state index >= 15 is 0 Å². The molecule has 0 radical (unpaired) electrons. The summed E-state index contributed by atoms with van der Waals surface area (Å²) >= 11 is 3.59. The van der Waals surface area contributed by atoms with E-state index in [9.17, 15) is 0 Å². The lowest BCUT2D eigenvalue weighted by Gasteiger charge is -2.27. The van der Waals surface area contributed by atoms with Crippen molar-refractivity contribution in [1.29, 1.82) is 0 Å². The molecular weight excluding hydrogens is 396 g/mol. The number of fused-ring (bicyclic) bond motifs is 4. The lowest BCUT2D eigenvalue weighted by molar-refractivity contribution is 0.396. The first kappa shape index (κ1) is 17.1. The van der Waals surface area contributed by atoms with Gasteiger partial charge in [-0.25, -0.2) is 0 Å². The van der Waals surface area contributed by atoms with Gasteiger partial charge in [-0.05, 0) is 60.9 Å². The van der Waals surface area contributed by atoms with Crippen LogP contribution >= 0.6 is 28.3 Å². The van der Waals surface area contributed by atoms with Gasteiger partial charge in [0.1, 0.15) is 0 Å². The molecule has 0 saturated heterocycles. The Balaban J connectivity index is 0.00000157. The summed E-state index contributed by atoms with van der Waals surface area (Å²) in [7, 11) is 0. The van der Waals surface area contributed by atoms with Gasteiger partial charge in [0.25, 0.3) is 0 Å². The number of aromatic nitrogens is 1. The van der Waals surface area contributed by atoms with E-state index in [1.165, 1.54) is 52.5 Å². The predicted octanol–water partition coefficient (Wildman–Crippen LogP) is 5.49. The van der Waals surface area contributed by atoms with Crippen molar-refractivity contribution in [3.63, 3.8) is 0 Å². The maximum Gasteiger partial charge on any atom is 0.0478 e. The second kappa shape index (κ2) is 6.79. The summed E-state index contributed by atoms with van der Waals surface area (Å²) < 4.78 is 1.14. The van der Waals surface area contributed by atoms with Crippen LogP contribution in [-0.4, -0.2) is 11.0 Å². The molecule has 0 spiro atoms. The van der Waals surface area contributed by atoms with Gasteiger partial charge in [-0.1, -0.05) is 46.3 Å². The van der Waals surface area contributed by atoms with E-state index in [0.717, 1.165) is 17.3 Å². The molecule has 0 bridgehead atoms. The smallest absolute Gasteiger partial charge is 0.0478 e. The Bertz CT molecular complexity index is 892. The zero-order valence-corrected chi connectivity index (χ0v) is 16.4. The van der Waals surface area contributed by atoms with E-state index in [2.05, 4.69) is 68.7 Å². The molecule has 2 aliphatic carbocycles. The first-order chi connectivity index (χ1) is 11.8. The van der Waals surface area contributed by atoms with Crippen molar-refractivity contribution in [2.45, 2.75) is 44.2 Å². The van der Waals surface area contributed by atoms with Crippen LogP contribution in [0.2, 0.25) is 0 Å². The molecule has 1 atom stereocenters. The highest BCUT2D eigenvalue weighted by atomic mass is 79.9. The van der Waals surface area contributed by atoms with Crippen LogP contribution in [0.5, 0.6) is 0 Å². The Morgan fingerprint density at radius 3 is 2.56 bits per heavy atom. The van der Waals surface area contributed by atoms with Crippen molar-refractivity contribution in [3.05, 3.63) is 69.3 Å². The third kappa shape index (κ3) is 3.03. The molecule has 2 nitrogen and oxygen atoms in total. The van der Waals surface area contributed by atoms with Gasteiger partial charge in [0.2, 0.25) is 0 Å². The first-order valence-corrected chi connectivity index (χ1v) is 9.70. The fraction of sp³-hybridized carbons (Fsp3) is 0.333. The lowest BCUT2D eigenvalue weighted by atomic mass is 9.91. The van der Waals surface area contributed by atoms with Gasteiger partial charge >= 0.3 is 0 Å². The fourth-order valence-corrected chi connectivity index (χ4v) is 4.93. The third-order valence-corrected chi connectivity index (χ3v) is 6.15. The second-order valence-corrected chi connectivity index (χ2v) is 8.11. The highest BCUT2D eigenvalue weighted by Crippen LogP contribution is 2.36. The van der Waals surface area contributed by atoms with Crippen molar-refractivity contribution < 1.29 is 0 Å². The van der Waals surface area contributed by atoms with Gasteiger partial charge in [0.05, 0.1) is 0 Å². The Morgan fingerprint density at radius 1 is 1.04 bits per heavy atom. The maximum absolute atomic E-state index is 3.95. The molecule has 2 aliphatic rings. The fourth-order valence-electron chi connectivity index (χ4n) is 4.57. The maximum atomic E-state index is 3.95. The molecule has 1 heterocycles. The van der Waals surface area contributed by atoms with E-state index < -0.39 is 0 Å². The average Bonchev–Trinajstić information content (AvgIpc) is 3.15. The van der Waals surface area contributed by atoms with Crippen LogP contribution in [-0.2, 0) is 19.3 Å². The lowest BCUT2D eigenvalue weighted by Crippen LogP contribution is -2.35. The highest BCUT2D eigenvalue weighted by molar-refractivity contribution is 9.10. The standard InChI is InChI=1S/C21H21BrN2.ClH/c22-15-8-9-17-18-6-3-7-19(21(18)24-20(17)12-15)23-16-10-13-4-1-2-5-14(13)11-16;/h1-2,4-5,8-9,12,16,19,23-24H,3,6-7,10-11H2;1H. The molecule has 0 saturated carbocycles. The van der Waals surface area contributed by atoms with Gasteiger partial charge < -0.3 is 10.3 Å². The molecule has 0 amide bonds. The Hall–Kier alpha value is -1.29. The second-order valence-electron chi connectivity index (χ2n) is 7.19. The zero-order valence-electron chi connectivity index (χ0n) is 14.0. The van der Waals surface area contributed by atoms with Crippen LogP contribution in [0.3, 0.4) is 0 Å². The molecule has 2 N–H and O–H groups in total. The largest absolute Gasteiger partial charge is 0.357 e. The van der Waals surface area contributed by atoms with E-state index in [1.807, 2.05) is 0 Å². The number of hydrogen-bond donors (Lipinski definition) is 2. The molecule has 0 fully saturated rings. The number of H-pyrrole nitrogens is 1. The van der Waals surface area contributed by atoms with Crippen LogP contribution in [0.1, 0.15) is 41.3 Å². The van der Waals surface area contributed by atoms with E-state index in [0.29, 0.717) is 12.1 Å². The number of hydrogen-bond acceptors (Lipinski definition) is 1. The van der Waals surface area contributed by atoms with Gasteiger partial charge in [0.15, 0.2) is 0 Å². The van der Waals surface area contributed by atoms with Crippen LogP contribution in [0.15, 0.2) is 46.9 Å². The SMILES string of the molecule is Brc1ccc2c3c([nH]c2c1)C(NC1Cc2ccccc2C1)CCC3.Cl. The molecule has 4 heteroatoms. The van der Waals surface area contributed by atoms with Crippen LogP contribution < -0.4 is 5.32 Å². The zero-order chi connectivity index (χ0) is 16.1. The predicted molar refractivity (Wildman–Crippen MR) is 110 cm³/mol. The van der Waals surface area contributed by atoms with Crippen LogP contribution in [0, 0.1) is 0 Å². The Morgan fingerprint density at radius 2 is 1.80 bits per heavy atom. The summed E-state index contributed by atoms with van der Waals surface area (Å²) in [6, 6.07) is 16.5. The monoisotopic (exact) mass is 416 g/mol. The summed E-state index contributed by atoms with van der Waals surface area (Å²) in [4.78, 5) is 3.71. The molecule has 25 heavy (non-hydrogen) atoms. The number of benzene rings is 2. The molecule has 3 aromatic rings. The van der Waals surface area contributed by atoms with E-state index in [-0.39, 0.29) is 12.4 Å². The molecule has 1 unspecified atom stereocenters. The minimum Gasteiger partial charge on any atom is -0.357 e. The van der Waals surface area contributed by atoms with Gasteiger partial charge in [0, 0.05) is 33.2 Å². The number of aryl methyl sites for hydroxylation is 1. The van der Waals surface area contributed by atoms with Crippen molar-refractivity contribution in [3.8, 4) is 0 Å². The number of rotatable bonds is 2. The normalized spacial score (nSPS) is 19.5. The quantitative estimate of drug-likeness (QED) is 0.567.